The number of carbonyl (C=O) groups is 1. The molecule has 1 saturated heterocycles. The van der Waals surface area contributed by atoms with Gasteiger partial charge in [0, 0.05) is 23.8 Å². The molecule has 1 heterocycles. The quantitative estimate of drug-likeness (QED) is 0.812. The molecular weight excluding hydrogens is 224 g/mol. The van der Waals surface area contributed by atoms with Crippen LogP contribution >= 0.6 is 11.6 Å². The summed E-state index contributed by atoms with van der Waals surface area (Å²) in [6.45, 7) is 4.12. The van der Waals surface area contributed by atoms with Crippen LogP contribution in [0.4, 0.5) is 5.69 Å². The van der Waals surface area contributed by atoms with Crippen molar-refractivity contribution in [2.24, 2.45) is 0 Å². The molecule has 1 N–H and O–H groups in total. The van der Waals surface area contributed by atoms with E-state index < -0.39 is 0 Å². The fourth-order valence-electron chi connectivity index (χ4n) is 1.99. The molecule has 0 bridgehead atoms. The van der Waals surface area contributed by atoms with E-state index in [1.54, 1.807) is 0 Å². The average Bonchev–Trinajstić information content (AvgIpc) is 2.43. The van der Waals surface area contributed by atoms with Gasteiger partial charge >= 0.3 is 0 Å². The summed E-state index contributed by atoms with van der Waals surface area (Å²) in [5, 5.41) is 3.61. The molecule has 3 nitrogen and oxygen atoms in total. The number of rotatable bonds is 1. The van der Waals surface area contributed by atoms with Crippen LogP contribution in [0.1, 0.15) is 12.0 Å². The third-order valence-electron chi connectivity index (χ3n) is 2.76. The van der Waals surface area contributed by atoms with Crippen molar-refractivity contribution in [3.63, 3.8) is 0 Å². The summed E-state index contributed by atoms with van der Waals surface area (Å²) in [6.07, 6.45) is 0.980. The highest BCUT2D eigenvalue weighted by Gasteiger charge is 2.16. The predicted octanol–water partition coefficient (Wildman–Crippen LogP) is 1.97. The van der Waals surface area contributed by atoms with Crippen LogP contribution in [-0.4, -0.2) is 25.5 Å². The van der Waals surface area contributed by atoms with Crippen molar-refractivity contribution in [1.29, 1.82) is 0 Å². The number of halogens is 1. The molecule has 0 aromatic heterocycles. The van der Waals surface area contributed by atoms with Crippen molar-refractivity contribution in [2.75, 3.05) is 24.5 Å². The maximum Gasteiger partial charge on any atom is 0.239 e. The summed E-state index contributed by atoms with van der Waals surface area (Å²) < 4.78 is 0. The van der Waals surface area contributed by atoms with E-state index in [9.17, 15) is 4.79 Å². The number of hydrogen-bond donors (Lipinski definition) is 1. The van der Waals surface area contributed by atoms with Gasteiger partial charge in [-0.15, -0.1) is 0 Å². The topological polar surface area (TPSA) is 32.3 Å². The van der Waals surface area contributed by atoms with Crippen LogP contribution in [0.15, 0.2) is 18.2 Å². The van der Waals surface area contributed by atoms with E-state index in [0.29, 0.717) is 6.54 Å². The summed E-state index contributed by atoms with van der Waals surface area (Å²) in [6, 6.07) is 5.78. The van der Waals surface area contributed by atoms with Crippen LogP contribution in [0.3, 0.4) is 0 Å². The predicted molar refractivity (Wildman–Crippen MR) is 66.0 cm³/mol. The van der Waals surface area contributed by atoms with Gasteiger partial charge < -0.3 is 10.2 Å². The number of aryl methyl sites for hydroxylation is 1. The van der Waals surface area contributed by atoms with E-state index in [1.165, 1.54) is 0 Å². The first kappa shape index (κ1) is 11.3. The van der Waals surface area contributed by atoms with E-state index in [4.69, 9.17) is 11.6 Å². The number of nitrogens with one attached hydrogen (secondary N) is 1. The van der Waals surface area contributed by atoms with Crippen molar-refractivity contribution in [1.82, 2.24) is 5.32 Å². The SMILES string of the molecule is Cc1cc(Cl)ccc1N1CCCNC(=O)C1. The van der Waals surface area contributed by atoms with E-state index in [1.807, 2.05) is 25.1 Å². The number of anilines is 1. The van der Waals surface area contributed by atoms with Gasteiger partial charge in [-0.2, -0.15) is 0 Å². The lowest BCUT2D eigenvalue weighted by molar-refractivity contribution is -0.119. The lowest BCUT2D eigenvalue weighted by Gasteiger charge is -2.23. The molecule has 1 aromatic rings. The van der Waals surface area contributed by atoms with Gasteiger partial charge in [0.05, 0.1) is 6.54 Å². The minimum Gasteiger partial charge on any atom is -0.362 e. The first-order valence-corrected chi connectivity index (χ1v) is 5.82. The second-order valence-electron chi connectivity index (χ2n) is 4.06. The molecule has 0 spiro atoms. The van der Waals surface area contributed by atoms with Crippen molar-refractivity contribution < 1.29 is 4.79 Å². The maximum atomic E-state index is 11.5. The average molecular weight is 239 g/mol. The third kappa shape index (κ3) is 2.47. The monoisotopic (exact) mass is 238 g/mol. The highest BCUT2D eigenvalue weighted by Crippen LogP contribution is 2.24. The first-order valence-electron chi connectivity index (χ1n) is 5.44. The maximum absolute atomic E-state index is 11.5. The molecule has 0 atom stereocenters. The van der Waals surface area contributed by atoms with Crippen LogP contribution in [0, 0.1) is 6.92 Å². The van der Waals surface area contributed by atoms with E-state index in [0.717, 1.165) is 35.8 Å². The molecule has 1 amide bonds. The van der Waals surface area contributed by atoms with Crippen LogP contribution in [0.25, 0.3) is 0 Å². The molecule has 0 unspecified atom stereocenters. The molecular formula is C12H15ClN2O. The minimum atomic E-state index is 0.0897. The Morgan fingerprint density at radius 3 is 3.00 bits per heavy atom. The molecule has 0 radical (unpaired) electrons. The van der Waals surface area contributed by atoms with E-state index in [-0.39, 0.29) is 5.91 Å². The van der Waals surface area contributed by atoms with Crippen LogP contribution in [0.2, 0.25) is 5.02 Å². The highest BCUT2D eigenvalue weighted by molar-refractivity contribution is 6.30. The Hall–Kier alpha value is -1.22. The molecule has 1 fully saturated rings. The molecule has 1 aromatic carbocycles. The smallest absolute Gasteiger partial charge is 0.239 e. The lowest BCUT2D eigenvalue weighted by Crippen LogP contribution is -2.33. The Bertz CT molecular complexity index is 406. The Kier molecular flexibility index (Phi) is 3.34. The number of carbonyl (C=O) groups excluding carboxylic acids is 1. The molecule has 4 heteroatoms. The molecule has 16 heavy (non-hydrogen) atoms. The van der Waals surface area contributed by atoms with Crippen molar-refractivity contribution in [2.45, 2.75) is 13.3 Å². The fraction of sp³-hybridized carbons (Fsp3) is 0.417. The van der Waals surface area contributed by atoms with Gasteiger partial charge in [-0.3, -0.25) is 4.79 Å². The summed E-state index contributed by atoms with van der Waals surface area (Å²) in [7, 11) is 0. The summed E-state index contributed by atoms with van der Waals surface area (Å²) in [5.41, 5.74) is 2.21. The molecule has 2 rings (SSSR count). The number of nitrogens with zero attached hydrogens (tertiary/aromatic N) is 1. The van der Waals surface area contributed by atoms with Gasteiger partial charge in [-0.25, -0.2) is 0 Å². The third-order valence-corrected chi connectivity index (χ3v) is 3.00. The van der Waals surface area contributed by atoms with Crippen molar-refractivity contribution in [3.05, 3.63) is 28.8 Å². The summed E-state index contributed by atoms with van der Waals surface area (Å²) in [4.78, 5) is 13.6. The highest BCUT2D eigenvalue weighted by atomic mass is 35.5. The van der Waals surface area contributed by atoms with Gasteiger partial charge in [0.15, 0.2) is 0 Å². The minimum absolute atomic E-state index is 0.0897. The molecule has 1 aliphatic heterocycles. The van der Waals surface area contributed by atoms with Crippen molar-refractivity contribution >= 4 is 23.2 Å². The van der Waals surface area contributed by atoms with E-state index >= 15 is 0 Å². The number of benzene rings is 1. The molecule has 0 saturated carbocycles. The number of amides is 1. The zero-order valence-electron chi connectivity index (χ0n) is 9.29. The zero-order chi connectivity index (χ0) is 11.5. The van der Waals surface area contributed by atoms with Gasteiger partial charge in [0.2, 0.25) is 5.91 Å². The Balaban J connectivity index is 2.24. The molecule has 0 aliphatic carbocycles. The largest absolute Gasteiger partial charge is 0.362 e. The van der Waals surface area contributed by atoms with Crippen LogP contribution < -0.4 is 10.2 Å². The summed E-state index contributed by atoms with van der Waals surface area (Å²) in [5.74, 6) is 0.0897. The summed E-state index contributed by atoms with van der Waals surface area (Å²) >= 11 is 5.92. The van der Waals surface area contributed by atoms with E-state index in [2.05, 4.69) is 10.2 Å². The van der Waals surface area contributed by atoms with Gasteiger partial charge in [0.25, 0.3) is 0 Å². The molecule has 1 aliphatic rings. The second kappa shape index (κ2) is 4.74. The van der Waals surface area contributed by atoms with Crippen LogP contribution in [-0.2, 0) is 4.79 Å². The Morgan fingerprint density at radius 2 is 2.25 bits per heavy atom. The second-order valence-corrected chi connectivity index (χ2v) is 4.49. The number of hydrogen-bond acceptors (Lipinski definition) is 2. The Morgan fingerprint density at radius 1 is 1.44 bits per heavy atom. The van der Waals surface area contributed by atoms with Gasteiger partial charge in [-0.1, -0.05) is 11.6 Å². The van der Waals surface area contributed by atoms with Crippen LogP contribution in [0.5, 0.6) is 0 Å². The normalized spacial score (nSPS) is 16.9. The van der Waals surface area contributed by atoms with Crippen molar-refractivity contribution in [3.8, 4) is 0 Å². The molecule has 86 valence electrons. The van der Waals surface area contributed by atoms with Gasteiger partial charge in [0.1, 0.15) is 0 Å². The Labute approximate surface area is 100 Å². The first-order chi connectivity index (χ1) is 7.66. The standard InChI is InChI=1S/C12H15ClN2O/c1-9-7-10(13)3-4-11(9)15-6-2-5-14-12(16)8-15/h3-4,7H,2,5-6,8H2,1H3,(H,14,16). The van der Waals surface area contributed by atoms with Gasteiger partial charge in [-0.05, 0) is 37.1 Å². The lowest BCUT2D eigenvalue weighted by atomic mass is 10.1. The zero-order valence-corrected chi connectivity index (χ0v) is 10.0. The fourth-order valence-corrected chi connectivity index (χ4v) is 2.21.